The van der Waals surface area contributed by atoms with E-state index in [4.69, 9.17) is 16.3 Å². The Bertz CT molecular complexity index is 1080. The van der Waals surface area contributed by atoms with E-state index >= 15 is 0 Å². The monoisotopic (exact) mass is 457 g/mol. The quantitative estimate of drug-likeness (QED) is 0.509. The molecule has 0 unspecified atom stereocenters. The molecule has 0 saturated carbocycles. The van der Waals surface area contributed by atoms with Crippen molar-refractivity contribution in [3.63, 3.8) is 0 Å². The highest BCUT2D eigenvalue weighted by molar-refractivity contribution is 7.12. The highest BCUT2D eigenvalue weighted by Crippen LogP contribution is 2.25. The normalized spacial score (nSPS) is 10.3. The molecule has 3 aromatic rings. The number of hydrogen-bond acceptors (Lipinski definition) is 6. The standard InChI is InChI=1S/C22H20ClN3O4S/c1-26(2)16-8-6-15(7-9-16)24-20(27)13-30-22(29)14-5-10-17(23)18(12-14)25-21(28)19-4-3-11-31-19/h3-12H,13H2,1-2H3,(H,24,27)(H,25,28). The minimum Gasteiger partial charge on any atom is -0.452 e. The predicted molar refractivity (Wildman–Crippen MR) is 123 cm³/mol. The summed E-state index contributed by atoms with van der Waals surface area (Å²) in [5.74, 6) is -1.50. The molecule has 1 heterocycles. The van der Waals surface area contributed by atoms with E-state index in [1.54, 1.807) is 29.6 Å². The first-order chi connectivity index (χ1) is 14.8. The number of hydrogen-bond donors (Lipinski definition) is 2. The zero-order chi connectivity index (χ0) is 22.4. The Morgan fingerprint density at radius 3 is 2.42 bits per heavy atom. The van der Waals surface area contributed by atoms with Crippen molar-refractivity contribution < 1.29 is 19.1 Å². The zero-order valence-electron chi connectivity index (χ0n) is 16.8. The second kappa shape index (κ2) is 10.1. The second-order valence-corrected chi connectivity index (χ2v) is 8.05. The molecule has 2 N–H and O–H groups in total. The third-order valence-corrected chi connectivity index (χ3v) is 5.40. The summed E-state index contributed by atoms with van der Waals surface area (Å²) in [5.41, 5.74) is 2.03. The minimum absolute atomic E-state index is 0.161. The molecule has 31 heavy (non-hydrogen) atoms. The molecule has 9 heteroatoms. The molecule has 2 amide bonds. The van der Waals surface area contributed by atoms with Crippen LogP contribution in [0.1, 0.15) is 20.0 Å². The topological polar surface area (TPSA) is 87.7 Å². The molecule has 7 nitrogen and oxygen atoms in total. The Morgan fingerprint density at radius 1 is 1.03 bits per heavy atom. The number of benzene rings is 2. The second-order valence-electron chi connectivity index (χ2n) is 6.69. The lowest BCUT2D eigenvalue weighted by molar-refractivity contribution is -0.119. The van der Waals surface area contributed by atoms with Crippen LogP contribution in [0.2, 0.25) is 5.02 Å². The van der Waals surface area contributed by atoms with Crippen LogP contribution in [0.3, 0.4) is 0 Å². The van der Waals surface area contributed by atoms with Gasteiger partial charge in [-0.15, -0.1) is 11.3 Å². The number of nitrogens with zero attached hydrogens (tertiary/aromatic N) is 1. The van der Waals surface area contributed by atoms with Crippen molar-refractivity contribution in [2.45, 2.75) is 0 Å². The number of amides is 2. The van der Waals surface area contributed by atoms with E-state index < -0.39 is 18.5 Å². The molecule has 160 valence electrons. The highest BCUT2D eigenvalue weighted by atomic mass is 35.5. The van der Waals surface area contributed by atoms with Gasteiger partial charge in [0.15, 0.2) is 6.61 Å². The van der Waals surface area contributed by atoms with Gasteiger partial charge in [0.25, 0.3) is 11.8 Å². The lowest BCUT2D eigenvalue weighted by Gasteiger charge is -2.13. The summed E-state index contributed by atoms with van der Waals surface area (Å²) in [6.45, 7) is -0.451. The summed E-state index contributed by atoms with van der Waals surface area (Å²) in [6, 6.07) is 15.0. The predicted octanol–water partition coefficient (Wildman–Crippen LogP) is 4.52. The van der Waals surface area contributed by atoms with Gasteiger partial charge in [-0.2, -0.15) is 0 Å². The van der Waals surface area contributed by atoms with Crippen molar-refractivity contribution >= 4 is 57.8 Å². The minimum atomic E-state index is -0.707. The van der Waals surface area contributed by atoms with Crippen LogP contribution in [0.5, 0.6) is 0 Å². The van der Waals surface area contributed by atoms with Gasteiger partial charge in [-0.25, -0.2) is 4.79 Å². The van der Waals surface area contributed by atoms with Crippen molar-refractivity contribution in [2.75, 3.05) is 36.2 Å². The van der Waals surface area contributed by atoms with Gasteiger partial charge >= 0.3 is 5.97 Å². The number of nitrogens with one attached hydrogen (secondary N) is 2. The first-order valence-electron chi connectivity index (χ1n) is 9.22. The largest absolute Gasteiger partial charge is 0.452 e. The van der Waals surface area contributed by atoms with Gasteiger partial charge < -0.3 is 20.3 Å². The Hall–Kier alpha value is -3.36. The van der Waals surface area contributed by atoms with Gasteiger partial charge in [0.05, 0.1) is 21.2 Å². The lowest BCUT2D eigenvalue weighted by atomic mass is 10.2. The molecule has 0 aliphatic rings. The van der Waals surface area contributed by atoms with Gasteiger partial charge in [0, 0.05) is 25.5 Å². The Morgan fingerprint density at radius 2 is 1.77 bits per heavy atom. The van der Waals surface area contributed by atoms with E-state index in [1.165, 1.54) is 29.5 Å². The van der Waals surface area contributed by atoms with E-state index in [9.17, 15) is 14.4 Å². The molecule has 0 saturated heterocycles. The first-order valence-corrected chi connectivity index (χ1v) is 10.5. The van der Waals surface area contributed by atoms with Crippen LogP contribution >= 0.6 is 22.9 Å². The number of ether oxygens (including phenoxy) is 1. The Balaban J connectivity index is 1.57. The number of carbonyl (C=O) groups excluding carboxylic acids is 3. The third-order valence-electron chi connectivity index (χ3n) is 4.20. The number of halogens is 1. The van der Waals surface area contributed by atoms with Crippen LogP contribution in [0, 0.1) is 0 Å². The fraction of sp³-hybridized carbons (Fsp3) is 0.136. The van der Waals surface area contributed by atoms with E-state index in [0.29, 0.717) is 10.6 Å². The molecule has 1 aromatic heterocycles. The van der Waals surface area contributed by atoms with E-state index in [-0.39, 0.29) is 22.2 Å². The molecule has 0 fully saturated rings. The van der Waals surface area contributed by atoms with E-state index in [2.05, 4.69) is 10.6 Å². The lowest BCUT2D eigenvalue weighted by Crippen LogP contribution is -2.21. The summed E-state index contributed by atoms with van der Waals surface area (Å²) in [4.78, 5) is 39.1. The summed E-state index contributed by atoms with van der Waals surface area (Å²) in [5, 5.41) is 7.39. The number of thiophene rings is 1. The molecule has 0 bridgehead atoms. The van der Waals surface area contributed by atoms with E-state index in [0.717, 1.165) is 5.69 Å². The fourth-order valence-corrected chi connectivity index (χ4v) is 3.38. The van der Waals surface area contributed by atoms with Crippen molar-refractivity contribution in [3.8, 4) is 0 Å². The van der Waals surface area contributed by atoms with Gasteiger partial charge in [0.1, 0.15) is 0 Å². The number of rotatable bonds is 7. The average Bonchev–Trinajstić information content (AvgIpc) is 3.29. The van der Waals surface area contributed by atoms with Crippen molar-refractivity contribution in [2.24, 2.45) is 0 Å². The molecular weight excluding hydrogens is 438 g/mol. The van der Waals surface area contributed by atoms with Crippen LogP contribution < -0.4 is 15.5 Å². The molecular formula is C22H20ClN3O4S. The van der Waals surface area contributed by atoms with Crippen molar-refractivity contribution in [1.29, 1.82) is 0 Å². The van der Waals surface area contributed by atoms with Gasteiger partial charge in [0.2, 0.25) is 0 Å². The van der Waals surface area contributed by atoms with Crippen molar-refractivity contribution in [1.82, 2.24) is 0 Å². The van der Waals surface area contributed by atoms with Crippen LogP contribution in [-0.4, -0.2) is 38.5 Å². The Kier molecular flexibility index (Phi) is 7.28. The molecule has 0 atom stereocenters. The maximum absolute atomic E-state index is 12.3. The van der Waals surface area contributed by atoms with Gasteiger partial charge in [-0.1, -0.05) is 17.7 Å². The average molecular weight is 458 g/mol. The van der Waals surface area contributed by atoms with Crippen LogP contribution in [0.25, 0.3) is 0 Å². The van der Waals surface area contributed by atoms with Crippen LogP contribution in [-0.2, 0) is 9.53 Å². The van der Waals surface area contributed by atoms with E-state index in [1.807, 2.05) is 31.1 Å². The number of esters is 1. The molecule has 0 spiro atoms. The summed E-state index contributed by atoms with van der Waals surface area (Å²) >= 11 is 7.41. The molecule has 2 aromatic carbocycles. The Labute approximate surface area is 188 Å². The summed E-state index contributed by atoms with van der Waals surface area (Å²) < 4.78 is 5.08. The third kappa shape index (κ3) is 6.07. The highest BCUT2D eigenvalue weighted by Gasteiger charge is 2.15. The number of carbonyl (C=O) groups is 3. The maximum atomic E-state index is 12.3. The molecule has 0 aliphatic heterocycles. The SMILES string of the molecule is CN(C)c1ccc(NC(=O)COC(=O)c2ccc(Cl)c(NC(=O)c3cccs3)c2)cc1. The summed E-state index contributed by atoms with van der Waals surface area (Å²) in [7, 11) is 3.84. The van der Waals surface area contributed by atoms with Gasteiger partial charge in [-0.3, -0.25) is 9.59 Å². The van der Waals surface area contributed by atoms with Crippen LogP contribution in [0.15, 0.2) is 60.0 Å². The van der Waals surface area contributed by atoms with Gasteiger partial charge in [-0.05, 0) is 53.9 Å². The smallest absolute Gasteiger partial charge is 0.338 e. The molecule has 3 rings (SSSR count). The van der Waals surface area contributed by atoms with Crippen molar-refractivity contribution in [3.05, 3.63) is 75.4 Å². The zero-order valence-corrected chi connectivity index (χ0v) is 18.4. The number of anilines is 3. The van der Waals surface area contributed by atoms with Crippen LogP contribution in [0.4, 0.5) is 17.1 Å². The summed E-state index contributed by atoms with van der Waals surface area (Å²) in [6.07, 6.45) is 0. The fourth-order valence-electron chi connectivity index (χ4n) is 2.59. The first kappa shape index (κ1) is 22.3. The molecule has 0 aliphatic carbocycles. The molecule has 0 radical (unpaired) electrons. The maximum Gasteiger partial charge on any atom is 0.338 e.